The second kappa shape index (κ2) is 8.99. The van der Waals surface area contributed by atoms with Crippen LogP contribution in [-0.4, -0.2) is 24.8 Å². The first-order chi connectivity index (χ1) is 15.1. The molecule has 0 unspecified atom stereocenters. The Morgan fingerprint density at radius 1 is 1.03 bits per heavy atom. The van der Waals surface area contributed by atoms with Crippen molar-refractivity contribution < 1.29 is 23.8 Å². The van der Waals surface area contributed by atoms with Crippen LogP contribution in [0, 0.1) is 12.3 Å². The number of rotatable bonds is 5. The lowest BCUT2D eigenvalue weighted by Gasteiger charge is -2.24. The Bertz CT molecular complexity index is 1200. The molecule has 0 amide bonds. The number of ether oxygens (including phenoxy) is 3. The van der Waals surface area contributed by atoms with E-state index in [1.807, 2.05) is 48.7 Å². The van der Waals surface area contributed by atoms with Crippen molar-refractivity contribution in [2.75, 3.05) is 12.9 Å². The molecule has 1 aliphatic heterocycles. The molecular weight excluding hydrogens is 412 g/mol. The highest BCUT2D eigenvalue weighted by molar-refractivity contribution is 7.98. The lowest BCUT2D eigenvalue weighted by atomic mass is 10.0. The number of carbonyl (C=O) groups is 2. The predicted molar refractivity (Wildman–Crippen MR) is 119 cm³/mol. The maximum Gasteiger partial charge on any atom is 0.348 e. The predicted octanol–water partition coefficient (Wildman–Crippen LogP) is 4.76. The topological polar surface area (TPSA) is 61.8 Å². The molecule has 0 bridgehead atoms. The van der Waals surface area contributed by atoms with Crippen LogP contribution in [0.5, 0.6) is 5.75 Å². The van der Waals surface area contributed by atoms with Gasteiger partial charge in [-0.1, -0.05) is 48.4 Å². The van der Waals surface area contributed by atoms with Gasteiger partial charge in [-0.05, 0) is 41.3 Å². The molecule has 0 spiro atoms. The summed E-state index contributed by atoms with van der Waals surface area (Å²) in [5.74, 6) is 1.36. The molecule has 154 valence electrons. The molecule has 6 heteroatoms. The van der Waals surface area contributed by atoms with Gasteiger partial charge in [0.2, 0.25) is 0 Å². The summed E-state index contributed by atoms with van der Waals surface area (Å²) >= 11 is 1.59. The van der Waals surface area contributed by atoms with Crippen molar-refractivity contribution in [3.05, 3.63) is 77.4 Å². The van der Waals surface area contributed by atoms with E-state index < -0.39 is 18.2 Å². The molecular formula is C25H18O5S. The van der Waals surface area contributed by atoms with E-state index in [0.717, 1.165) is 15.7 Å². The van der Waals surface area contributed by atoms with Gasteiger partial charge in [-0.15, -0.1) is 18.2 Å². The summed E-state index contributed by atoms with van der Waals surface area (Å²) in [6, 6.07) is 18.5. The first kappa shape index (κ1) is 20.6. The van der Waals surface area contributed by atoms with Gasteiger partial charge in [0.25, 0.3) is 6.29 Å². The minimum atomic E-state index is -1.09. The van der Waals surface area contributed by atoms with Crippen molar-refractivity contribution in [2.24, 2.45) is 0 Å². The Kier molecular flexibility index (Phi) is 5.96. The molecule has 1 heterocycles. The van der Waals surface area contributed by atoms with Gasteiger partial charge in [0.1, 0.15) is 17.9 Å². The summed E-state index contributed by atoms with van der Waals surface area (Å²) in [4.78, 5) is 26.5. The molecule has 0 radical (unpaired) electrons. The zero-order valence-corrected chi connectivity index (χ0v) is 17.5. The monoisotopic (exact) mass is 430 g/mol. The Morgan fingerprint density at radius 3 is 2.42 bits per heavy atom. The third kappa shape index (κ3) is 4.27. The standard InChI is InChI=1S/C25H18O5S/c1-3-14-28-22-13-10-16-6-4-5-7-19(16)20(22)15-21-23(26)29-25(30-24(21)27)17-8-11-18(31-2)12-9-17/h1,4-13,15,25H,14H2,2H3. The van der Waals surface area contributed by atoms with E-state index in [9.17, 15) is 9.59 Å². The minimum Gasteiger partial charge on any atom is -0.480 e. The van der Waals surface area contributed by atoms with Crippen LogP contribution in [0.3, 0.4) is 0 Å². The van der Waals surface area contributed by atoms with Crippen LogP contribution in [0.4, 0.5) is 0 Å². The quantitative estimate of drug-likeness (QED) is 0.191. The van der Waals surface area contributed by atoms with Crippen LogP contribution >= 0.6 is 11.8 Å². The summed E-state index contributed by atoms with van der Waals surface area (Å²) < 4.78 is 16.4. The van der Waals surface area contributed by atoms with Gasteiger partial charge >= 0.3 is 11.9 Å². The van der Waals surface area contributed by atoms with Crippen LogP contribution in [0.15, 0.2) is 71.1 Å². The SMILES string of the molecule is C#CCOc1ccc2ccccc2c1C=C1C(=O)OC(c2ccc(SC)cc2)OC1=O. The highest BCUT2D eigenvalue weighted by atomic mass is 32.2. The van der Waals surface area contributed by atoms with Crippen molar-refractivity contribution in [2.45, 2.75) is 11.2 Å². The molecule has 5 nitrogen and oxygen atoms in total. The second-order valence-corrected chi connectivity index (χ2v) is 7.54. The highest BCUT2D eigenvalue weighted by Crippen LogP contribution is 2.33. The normalized spacial score (nSPS) is 15.7. The number of hydrogen-bond donors (Lipinski definition) is 0. The zero-order valence-electron chi connectivity index (χ0n) is 16.7. The first-order valence-corrected chi connectivity index (χ1v) is 10.7. The molecule has 1 fully saturated rings. The van der Waals surface area contributed by atoms with Crippen LogP contribution in [0.1, 0.15) is 17.4 Å². The van der Waals surface area contributed by atoms with Crippen LogP contribution in [0.2, 0.25) is 0 Å². The molecule has 3 aromatic carbocycles. The molecule has 0 aliphatic carbocycles. The summed E-state index contributed by atoms with van der Waals surface area (Å²) in [6.07, 6.45) is 7.63. The number of thioether (sulfide) groups is 1. The minimum absolute atomic E-state index is 0.0531. The van der Waals surface area contributed by atoms with Crippen LogP contribution < -0.4 is 4.74 Å². The molecule has 0 N–H and O–H groups in total. The van der Waals surface area contributed by atoms with Gasteiger partial charge in [0.15, 0.2) is 0 Å². The number of terminal acetylenes is 1. The van der Waals surface area contributed by atoms with E-state index in [1.54, 1.807) is 30.0 Å². The van der Waals surface area contributed by atoms with E-state index in [4.69, 9.17) is 20.6 Å². The van der Waals surface area contributed by atoms with Crippen LogP contribution in [-0.2, 0) is 19.1 Å². The van der Waals surface area contributed by atoms with Crippen molar-refractivity contribution >= 4 is 40.5 Å². The van der Waals surface area contributed by atoms with Gasteiger partial charge in [0.05, 0.1) is 0 Å². The zero-order chi connectivity index (χ0) is 21.8. The maximum absolute atomic E-state index is 12.7. The first-order valence-electron chi connectivity index (χ1n) is 9.46. The molecule has 31 heavy (non-hydrogen) atoms. The molecule has 0 saturated carbocycles. The molecule has 1 saturated heterocycles. The van der Waals surface area contributed by atoms with Crippen molar-refractivity contribution in [1.82, 2.24) is 0 Å². The van der Waals surface area contributed by atoms with Gasteiger partial charge in [-0.2, -0.15) is 0 Å². The van der Waals surface area contributed by atoms with E-state index in [0.29, 0.717) is 16.9 Å². The number of fused-ring (bicyclic) bond motifs is 1. The molecule has 0 aromatic heterocycles. The van der Waals surface area contributed by atoms with Crippen LogP contribution in [0.25, 0.3) is 16.8 Å². The molecule has 4 rings (SSSR count). The molecule has 0 atom stereocenters. The Balaban J connectivity index is 1.69. The second-order valence-electron chi connectivity index (χ2n) is 6.67. The summed E-state index contributed by atoms with van der Waals surface area (Å²) in [6.45, 7) is 0.0531. The average Bonchev–Trinajstić information content (AvgIpc) is 2.80. The Labute approximate surface area is 184 Å². The van der Waals surface area contributed by atoms with E-state index in [1.165, 1.54) is 6.08 Å². The third-order valence-corrected chi connectivity index (χ3v) is 5.53. The van der Waals surface area contributed by atoms with Gasteiger partial charge in [0, 0.05) is 16.0 Å². The van der Waals surface area contributed by atoms with Gasteiger partial charge < -0.3 is 14.2 Å². The number of esters is 2. The number of benzene rings is 3. The lowest BCUT2D eigenvalue weighted by molar-refractivity contribution is -0.195. The number of hydrogen-bond acceptors (Lipinski definition) is 6. The van der Waals surface area contributed by atoms with Crippen molar-refractivity contribution in [3.63, 3.8) is 0 Å². The summed E-state index contributed by atoms with van der Waals surface area (Å²) in [7, 11) is 0. The average molecular weight is 430 g/mol. The van der Waals surface area contributed by atoms with E-state index >= 15 is 0 Å². The van der Waals surface area contributed by atoms with Crippen molar-refractivity contribution in [1.29, 1.82) is 0 Å². The summed E-state index contributed by atoms with van der Waals surface area (Å²) in [5.41, 5.74) is 0.931. The smallest absolute Gasteiger partial charge is 0.348 e. The number of carbonyl (C=O) groups excluding carboxylic acids is 2. The maximum atomic E-state index is 12.7. The van der Waals surface area contributed by atoms with E-state index in [2.05, 4.69) is 5.92 Å². The largest absolute Gasteiger partial charge is 0.480 e. The summed E-state index contributed by atoms with van der Waals surface area (Å²) in [5, 5.41) is 1.73. The Hall–Kier alpha value is -3.69. The fourth-order valence-electron chi connectivity index (χ4n) is 3.26. The molecule has 1 aliphatic rings. The highest BCUT2D eigenvalue weighted by Gasteiger charge is 2.35. The lowest BCUT2D eigenvalue weighted by Crippen LogP contribution is -2.29. The number of cyclic esters (lactones) is 2. The third-order valence-electron chi connectivity index (χ3n) is 4.79. The van der Waals surface area contributed by atoms with Gasteiger partial charge in [-0.25, -0.2) is 9.59 Å². The van der Waals surface area contributed by atoms with E-state index in [-0.39, 0.29) is 12.2 Å². The fourth-order valence-corrected chi connectivity index (χ4v) is 3.67. The fraction of sp³-hybridized carbons (Fsp3) is 0.120. The van der Waals surface area contributed by atoms with Crippen molar-refractivity contribution in [3.8, 4) is 18.1 Å². The Morgan fingerprint density at radius 2 is 1.74 bits per heavy atom. The van der Waals surface area contributed by atoms with Gasteiger partial charge in [-0.3, -0.25) is 0 Å². The molecule has 3 aromatic rings.